The van der Waals surface area contributed by atoms with Gasteiger partial charge < -0.3 is 20.1 Å². The quantitative estimate of drug-likeness (QED) is 0.831. The second-order valence-corrected chi connectivity index (χ2v) is 7.74. The van der Waals surface area contributed by atoms with Crippen LogP contribution in [0.1, 0.15) is 49.9 Å². The van der Waals surface area contributed by atoms with E-state index in [0.717, 1.165) is 25.7 Å². The Morgan fingerprint density at radius 1 is 1.19 bits per heavy atom. The molecule has 5 atom stereocenters. The first-order valence-electron chi connectivity index (χ1n) is 9.81. The first kappa shape index (κ1) is 19.5. The summed E-state index contributed by atoms with van der Waals surface area (Å²) in [5, 5.41) is 6.32. The van der Waals surface area contributed by atoms with Crippen molar-refractivity contribution in [2.45, 2.75) is 51.6 Å². The van der Waals surface area contributed by atoms with E-state index in [1.165, 1.54) is 0 Å². The minimum Gasteiger partial charge on any atom is -0.497 e. The van der Waals surface area contributed by atoms with E-state index in [1.807, 2.05) is 0 Å². The van der Waals surface area contributed by atoms with Gasteiger partial charge in [0, 0.05) is 29.6 Å². The second kappa shape index (κ2) is 8.19. The molecule has 148 valence electrons. The van der Waals surface area contributed by atoms with Crippen molar-refractivity contribution in [3.05, 3.63) is 23.8 Å². The first-order chi connectivity index (χ1) is 13.0. The van der Waals surface area contributed by atoms with Crippen LogP contribution in [0.15, 0.2) is 18.2 Å². The number of nitrogens with one attached hydrogen (secondary N) is 2. The summed E-state index contributed by atoms with van der Waals surface area (Å²) in [6, 6.07) is 5.36. The van der Waals surface area contributed by atoms with E-state index >= 15 is 0 Å². The van der Waals surface area contributed by atoms with Crippen molar-refractivity contribution >= 4 is 11.8 Å². The zero-order chi connectivity index (χ0) is 19.6. The van der Waals surface area contributed by atoms with Crippen molar-refractivity contribution in [3.8, 4) is 11.5 Å². The molecule has 3 rings (SSSR count). The van der Waals surface area contributed by atoms with Crippen LogP contribution < -0.4 is 20.1 Å². The Kier molecular flexibility index (Phi) is 5.92. The van der Waals surface area contributed by atoms with Crippen LogP contribution in [0, 0.1) is 17.8 Å². The molecule has 27 heavy (non-hydrogen) atoms. The molecule has 1 heterocycles. The maximum absolute atomic E-state index is 12.7. The number of amides is 2. The number of benzene rings is 1. The topological polar surface area (TPSA) is 76.7 Å². The number of fused-ring (bicyclic) bond motifs is 1. The van der Waals surface area contributed by atoms with Crippen LogP contribution in [0.5, 0.6) is 11.5 Å². The van der Waals surface area contributed by atoms with Gasteiger partial charge in [-0.25, -0.2) is 0 Å². The van der Waals surface area contributed by atoms with Gasteiger partial charge in [0.25, 0.3) is 5.91 Å². The fraction of sp³-hybridized carbons (Fsp3) is 0.619. The molecule has 1 aromatic carbocycles. The van der Waals surface area contributed by atoms with Crippen molar-refractivity contribution in [1.29, 1.82) is 0 Å². The Hall–Kier alpha value is -2.24. The Bertz CT molecular complexity index is 683. The summed E-state index contributed by atoms with van der Waals surface area (Å²) in [5.74, 6) is 2.20. The number of rotatable bonds is 5. The fourth-order valence-electron chi connectivity index (χ4n) is 4.71. The van der Waals surface area contributed by atoms with Gasteiger partial charge in [0.05, 0.1) is 14.2 Å². The van der Waals surface area contributed by atoms with Crippen molar-refractivity contribution in [3.63, 3.8) is 0 Å². The van der Waals surface area contributed by atoms with Gasteiger partial charge in [-0.2, -0.15) is 0 Å². The summed E-state index contributed by atoms with van der Waals surface area (Å²) in [6.45, 7) is 4.28. The molecule has 1 aliphatic carbocycles. The standard InChI is InChI=1S/C21H30N2O4/c1-5-17-12(2)18-7-6-14(10-19(18)23-21(17)25)22-20(24)13-8-15(26-3)11-16(9-13)27-4/h8-9,11-12,14,17-19H,5-7,10H2,1-4H3,(H,22,24)(H,23,25). The largest absolute Gasteiger partial charge is 0.497 e. The highest BCUT2D eigenvalue weighted by Crippen LogP contribution is 2.39. The molecule has 1 aliphatic heterocycles. The molecule has 0 aromatic heterocycles. The van der Waals surface area contributed by atoms with Crippen molar-refractivity contribution in [2.75, 3.05) is 14.2 Å². The van der Waals surface area contributed by atoms with E-state index < -0.39 is 0 Å². The second-order valence-electron chi connectivity index (χ2n) is 7.74. The zero-order valence-electron chi connectivity index (χ0n) is 16.6. The predicted octanol–water partition coefficient (Wildman–Crippen LogP) is 2.76. The molecule has 6 nitrogen and oxygen atoms in total. The Labute approximate surface area is 161 Å². The molecule has 1 saturated carbocycles. The number of methoxy groups -OCH3 is 2. The third kappa shape index (κ3) is 4.04. The molecule has 0 spiro atoms. The summed E-state index contributed by atoms with van der Waals surface area (Å²) in [5.41, 5.74) is 0.514. The number of hydrogen-bond acceptors (Lipinski definition) is 4. The molecular weight excluding hydrogens is 344 g/mol. The van der Waals surface area contributed by atoms with Gasteiger partial charge in [-0.15, -0.1) is 0 Å². The normalized spacial score (nSPS) is 30.1. The molecule has 5 unspecified atom stereocenters. The van der Waals surface area contributed by atoms with Gasteiger partial charge in [-0.3, -0.25) is 9.59 Å². The van der Waals surface area contributed by atoms with Crippen LogP contribution in [0.3, 0.4) is 0 Å². The Morgan fingerprint density at radius 3 is 2.44 bits per heavy atom. The summed E-state index contributed by atoms with van der Waals surface area (Å²) >= 11 is 0. The molecule has 0 bridgehead atoms. The van der Waals surface area contributed by atoms with Crippen molar-refractivity contribution in [2.24, 2.45) is 17.8 Å². The number of hydrogen-bond donors (Lipinski definition) is 2. The van der Waals surface area contributed by atoms with Crippen LogP contribution in [-0.4, -0.2) is 38.1 Å². The van der Waals surface area contributed by atoms with Gasteiger partial charge >= 0.3 is 0 Å². The van der Waals surface area contributed by atoms with E-state index in [9.17, 15) is 9.59 Å². The average Bonchev–Trinajstić information content (AvgIpc) is 2.67. The van der Waals surface area contributed by atoms with Crippen LogP contribution in [0.25, 0.3) is 0 Å². The number of carbonyl (C=O) groups is 2. The van der Waals surface area contributed by atoms with Gasteiger partial charge in [0.2, 0.25) is 5.91 Å². The summed E-state index contributed by atoms with van der Waals surface area (Å²) in [4.78, 5) is 25.1. The van der Waals surface area contributed by atoms with Crippen LogP contribution in [-0.2, 0) is 4.79 Å². The SMILES string of the molecule is CCC1C(=O)NC2CC(NC(=O)c3cc(OC)cc(OC)c3)CCC2C1C. The van der Waals surface area contributed by atoms with E-state index in [4.69, 9.17) is 9.47 Å². The average molecular weight is 374 g/mol. The van der Waals surface area contributed by atoms with E-state index in [-0.39, 0.29) is 29.8 Å². The third-order valence-electron chi connectivity index (χ3n) is 6.27. The highest BCUT2D eigenvalue weighted by atomic mass is 16.5. The van der Waals surface area contributed by atoms with Gasteiger partial charge in [0.15, 0.2) is 0 Å². The maximum Gasteiger partial charge on any atom is 0.251 e. The molecule has 2 amide bonds. The Balaban J connectivity index is 1.66. The fourth-order valence-corrected chi connectivity index (χ4v) is 4.71. The van der Waals surface area contributed by atoms with E-state index in [2.05, 4.69) is 24.5 Å². The zero-order valence-corrected chi connectivity index (χ0v) is 16.6. The first-order valence-corrected chi connectivity index (χ1v) is 9.81. The smallest absolute Gasteiger partial charge is 0.251 e. The Morgan fingerprint density at radius 2 is 1.85 bits per heavy atom. The van der Waals surface area contributed by atoms with E-state index in [1.54, 1.807) is 32.4 Å². The van der Waals surface area contributed by atoms with Gasteiger partial charge in [-0.1, -0.05) is 13.8 Å². The molecule has 2 fully saturated rings. The van der Waals surface area contributed by atoms with Crippen molar-refractivity contribution < 1.29 is 19.1 Å². The van der Waals surface area contributed by atoms with Crippen LogP contribution in [0.2, 0.25) is 0 Å². The number of carbonyl (C=O) groups excluding carboxylic acids is 2. The molecule has 2 N–H and O–H groups in total. The lowest BCUT2D eigenvalue weighted by Crippen LogP contribution is -2.58. The van der Waals surface area contributed by atoms with Gasteiger partial charge in [-0.05, 0) is 49.7 Å². The van der Waals surface area contributed by atoms with E-state index in [0.29, 0.717) is 28.9 Å². The third-order valence-corrected chi connectivity index (χ3v) is 6.27. The molecule has 6 heteroatoms. The highest BCUT2D eigenvalue weighted by molar-refractivity contribution is 5.95. The highest BCUT2D eigenvalue weighted by Gasteiger charge is 2.43. The van der Waals surface area contributed by atoms with Gasteiger partial charge in [0.1, 0.15) is 11.5 Å². The summed E-state index contributed by atoms with van der Waals surface area (Å²) in [7, 11) is 3.13. The summed E-state index contributed by atoms with van der Waals surface area (Å²) in [6.07, 6.45) is 3.62. The minimum absolute atomic E-state index is 0.0571. The summed E-state index contributed by atoms with van der Waals surface area (Å²) < 4.78 is 10.5. The molecule has 1 aromatic rings. The minimum atomic E-state index is -0.141. The maximum atomic E-state index is 12.7. The lowest BCUT2D eigenvalue weighted by molar-refractivity contribution is -0.133. The van der Waals surface area contributed by atoms with Crippen molar-refractivity contribution in [1.82, 2.24) is 10.6 Å². The lowest BCUT2D eigenvalue weighted by Gasteiger charge is -2.46. The number of piperidine rings is 1. The molecule has 0 radical (unpaired) electrons. The van der Waals surface area contributed by atoms with Crippen LogP contribution in [0.4, 0.5) is 0 Å². The lowest BCUT2D eigenvalue weighted by atomic mass is 9.67. The number of ether oxygens (including phenoxy) is 2. The molecule has 2 aliphatic rings. The monoisotopic (exact) mass is 374 g/mol. The molecule has 1 saturated heterocycles. The predicted molar refractivity (Wildman–Crippen MR) is 103 cm³/mol. The molecular formula is C21H30N2O4. The van der Waals surface area contributed by atoms with Crippen LogP contribution >= 0.6 is 0 Å².